The SMILES string of the molecule is Cc1ccc(OCC(=O)N2CCCC(C(=O)Nc3ccc(Cl)cn3)C2)cc1. The van der Waals surface area contributed by atoms with Gasteiger partial charge in [0.05, 0.1) is 10.9 Å². The lowest BCUT2D eigenvalue weighted by Gasteiger charge is -2.32. The molecule has 3 rings (SSSR count). The zero-order valence-corrected chi connectivity index (χ0v) is 15.9. The van der Waals surface area contributed by atoms with E-state index in [1.807, 2.05) is 31.2 Å². The van der Waals surface area contributed by atoms with Crippen LogP contribution in [0.5, 0.6) is 5.75 Å². The summed E-state index contributed by atoms with van der Waals surface area (Å²) in [7, 11) is 0. The number of amides is 2. The smallest absolute Gasteiger partial charge is 0.260 e. The highest BCUT2D eigenvalue weighted by molar-refractivity contribution is 6.30. The summed E-state index contributed by atoms with van der Waals surface area (Å²) in [5.74, 6) is 0.601. The maximum absolute atomic E-state index is 12.5. The molecule has 142 valence electrons. The Morgan fingerprint density at radius 3 is 2.74 bits per heavy atom. The van der Waals surface area contributed by atoms with E-state index in [4.69, 9.17) is 16.3 Å². The summed E-state index contributed by atoms with van der Waals surface area (Å²) in [6.07, 6.45) is 3.00. The van der Waals surface area contributed by atoms with Crippen molar-refractivity contribution in [1.82, 2.24) is 9.88 Å². The minimum Gasteiger partial charge on any atom is -0.484 e. The molecule has 0 saturated carbocycles. The van der Waals surface area contributed by atoms with Gasteiger partial charge in [0, 0.05) is 19.3 Å². The van der Waals surface area contributed by atoms with Crippen molar-refractivity contribution in [1.29, 1.82) is 0 Å². The van der Waals surface area contributed by atoms with Crippen molar-refractivity contribution in [2.75, 3.05) is 25.0 Å². The second-order valence-corrected chi connectivity index (χ2v) is 7.07. The van der Waals surface area contributed by atoms with Crippen LogP contribution in [-0.2, 0) is 9.59 Å². The Labute approximate surface area is 163 Å². The summed E-state index contributed by atoms with van der Waals surface area (Å²) in [6.45, 7) is 2.98. The van der Waals surface area contributed by atoms with Crippen molar-refractivity contribution in [2.45, 2.75) is 19.8 Å². The third-order valence-electron chi connectivity index (χ3n) is 4.51. The number of pyridine rings is 1. The first-order chi connectivity index (χ1) is 13.0. The monoisotopic (exact) mass is 387 g/mol. The number of anilines is 1. The summed E-state index contributed by atoms with van der Waals surface area (Å²) < 4.78 is 5.56. The minimum absolute atomic E-state index is 0.0316. The first-order valence-electron chi connectivity index (χ1n) is 8.91. The average Bonchev–Trinajstić information content (AvgIpc) is 2.69. The lowest BCUT2D eigenvalue weighted by atomic mass is 9.97. The normalized spacial score (nSPS) is 16.7. The quantitative estimate of drug-likeness (QED) is 0.854. The molecular formula is C20H22ClN3O3. The van der Waals surface area contributed by atoms with Crippen molar-refractivity contribution >= 4 is 29.2 Å². The molecular weight excluding hydrogens is 366 g/mol. The molecule has 1 atom stereocenters. The number of halogens is 1. The average molecular weight is 388 g/mol. The number of aromatic nitrogens is 1. The van der Waals surface area contributed by atoms with Crippen LogP contribution in [-0.4, -0.2) is 41.4 Å². The topological polar surface area (TPSA) is 71.5 Å². The Bertz CT molecular complexity index is 793. The van der Waals surface area contributed by atoms with Gasteiger partial charge in [0.1, 0.15) is 11.6 Å². The Balaban J connectivity index is 1.51. The largest absolute Gasteiger partial charge is 0.484 e. The molecule has 1 aliphatic heterocycles. The van der Waals surface area contributed by atoms with Crippen LogP contribution in [0.25, 0.3) is 0 Å². The van der Waals surface area contributed by atoms with Crippen molar-refractivity contribution in [3.63, 3.8) is 0 Å². The fourth-order valence-corrected chi connectivity index (χ4v) is 3.08. The number of likely N-dealkylation sites (tertiary alicyclic amines) is 1. The van der Waals surface area contributed by atoms with Crippen molar-refractivity contribution in [2.24, 2.45) is 5.92 Å². The standard InChI is InChI=1S/C20H22ClN3O3/c1-14-4-7-17(8-5-14)27-13-19(25)24-10-2-3-15(12-24)20(26)23-18-9-6-16(21)11-22-18/h4-9,11,15H,2-3,10,12-13H2,1H3,(H,22,23,26). The van der Waals surface area contributed by atoms with E-state index < -0.39 is 0 Å². The van der Waals surface area contributed by atoms with Gasteiger partial charge in [-0.15, -0.1) is 0 Å². The highest BCUT2D eigenvalue weighted by Gasteiger charge is 2.28. The molecule has 0 radical (unpaired) electrons. The van der Waals surface area contributed by atoms with E-state index in [0.29, 0.717) is 29.7 Å². The van der Waals surface area contributed by atoms with Crippen LogP contribution < -0.4 is 10.1 Å². The van der Waals surface area contributed by atoms with Gasteiger partial charge < -0.3 is 15.0 Å². The molecule has 0 spiro atoms. The van der Waals surface area contributed by atoms with Gasteiger partial charge in [-0.3, -0.25) is 9.59 Å². The second-order valence-electron chi connectivity index (χ2n) is 6.63. The number of carbonyl (C=O) groups is 2. The number of carbonyl (C=O) groups excluding carboxylic acids is 2. The molecule has 27 heavy (non-hydrogen) atoms. The number of hydrogen-bond acceptors (Lipinski definition) is 4. The van der Waals surface area contributed by atoms with Gasteiger partial charge in [0.15, 0.2) is 6.61 Å². The molecule has 0 bridgehead atoms. The van der Waals surface area contributed by atoms with Gasteiger partial charge >= 0.3 is 0 Å². The summed E-state index contributed by atoms with van der Waals surface area (Å²) in [6, 6.07) is 10.9. The van der Waals surface area contributed by atoms with Crippen LogP contribution in [0.1, 0.15) is 18.4 Å². The lowest BCUT2D eigenvalue weighted by molar-refractivity contribution is -0.136. The number of ether oxygens (including phenoxy) is 1. The number of piperidine rings is 1. The second kappa shape index (κ2) is 8.86. The minimum atomic E-state index is -0.264. The summed E-state index contributed by atoms with van der Waals surface area (Å²) in [5, 5.41) is 3.29. The van der Waals surface area contributed by atoms with Crippen molar-refractivity contribution in [3.05, 3.63) is 53.2 Å². The fraction of sp³-hybridized carbons (Fsp3) is 0.350. The van der Waals surface area contributed by atoms with E-state index in [9.17, 15) is 9.59 Å². The first-order valence-corrected chi connectivity index (χ1v) is 9.29. The Morgan fingerprint density at radius 1 is 1.26 bits per heavy atom. The number of nitrogens with one attached hydrogen (secondary N) is 1. The van der Waals surface area contributed by atoms with E-state index in [1.54, 1.807) is 17.0 Å². The van der Waals surface area contributed by atoms with Gasteiger partial charge in [-0.2, -0.15) is 0 Å². The van der Waals surface area contributed by atoms with Gasteiger partial charge in [-0.05, 0) is 44.0 Å². The molecule has 2 heterocycles. The van der Waals surface area contributed by atoms with E-state index >= 15 is 0 Å². The molecule has 7 heteroatoms. The van der Waals surface area contributed by atoms with Crippen molar-refractivity contribution < 1.29 is 14.3 Å². The van der Waals surface area contributed by atoms with Crippen molar-refractivity contribution in [3.8, 4) is 5.75 Å². The molecule has 1 saturated heterocycles. The lowest BCUT2D eigenvalue weighted by Crippen LogP contribution is -2.45. The molecule has 1 aliphatic rings. The maximum Gasteiger partial charge on any atom is 0.260 e. The van der Waals surface area contributed by atoms with Crippen LogP contribution in [0.2, 0.25) is 5.02 Å². The molecule has 1 aromatic carbocycles. The molecule has 2 aromatic rings. The summed E-state index contributed by atoms with van der Waals surface area (Å²) in [4.78, 5) is 30.7. The van der Waals surface area contributed by atoms with E-state index in [1.165, 1.54) is 6.20 Å². The molecule has 1 N–H and O–H groups in total. The van der Waals surface area contributed by atoms with Crippen LogP contribution >= 0.6 is 11.6 Å². The highest BCUT2D eigenvalue weighted by Crippen LogP contribution is 2.19. The summed E-state index contributed by atoms with van der Waals surface area (Å²) >= 11 is 5.80. The molecule has 1 aromatic heterocycles. The third-order valence-corrected chi connectivity index (χ3v) is 4.73. The zero-order valence-electron chi connectivity index (χ0n) is 15.2. The predicted molar refractivity (Wildman–Crippen MR) is 104 cm³/mol. The predicted octanol–water partition coefficient (Wildman–Crippen LogP) is 3.30. The fourth-order valence-electron chi connectivity index (χ4n) is 2.97. The Kier molecular flexibility index (Phi) is 6.29. The van der Waals surface area contributed by atoms with E-state index in [0.717, 1.165) is 18.4 Å². The van der Waals surface area contributed by atoms with Crippen LogP contribution in [0.3, 0.4) is 0 Å². The first kappa shape index (κ1) is 19.2. The van der Waals surface area contributed by atoms with Gasteiger partial charge in [-0.1, -0.05) is 29.3 Å². The number of aryl methyl sites for hydroxylation is 1. The molecule has 6 nitrogen and oxygen atoms in total. The van der Waals surface area contributed by atoms with Gasteiger partial charge in [0.25, 0.3) is 5.91 Å². The summed E-state index contributed by atoms with van der Waals surface area (Å²) in [5.41, 5.74) is 1.13. The Morgan fingerprint density at radius 2 is 2.04 bits per heavy atom. The number of hydrogen-bond donors (Lipinski definition) is 1. The number of rotatable bonds is 5. The number of nitrogens with zero attached hydrogens (tertiary/aromatic N) is 2. The molecule has 0 aliphatic carbocycles. The van der Waals surface area contributed by atoms with Gasteiger partial charge in [-0.25, -0.2) is 4.98 Å². The zero-order chi connectivity index (χ0) is 19.2. The number of benzene rings is 1. The Hall–Kier alpha value is -2.60. The van der Waals surface area contributed by atoms with E-state index in [-0.39, 0.29) is 24.3 Å². The highest BCUT2D eigenvalue weighted by atomic mass is 35.5. The van der Waals surface area contributed by atoms with Crippen LogP contribution in [0.15, 0.2) is 42.6 Å². The van der Waals surface area contributed by atoms with Crippen LogP contribution in [0, 0.1) is 12.8 Å². The maximum atomic E-state index is 12.5. The molecule has 2 amide bonds. The molecule has 1 fully saturated rings. The third kappa shape index (κ3) is 5.44. The molecule has 1 unspecified atom stereocenters. The van der Waals surface area contributed by atoms with E-state index in [2.05, 4.69) is 10.3 Å². The van der Waals surface area contributed by atoms with Crippen LogP contribution in [0.4, 0.5) is 5.82 Å². The van der Waals surface area contributed by atoms with Gasteiger partial charge in [0.2, 0.25) is 5.91 Å².